The number of amides is 2. The smallest absolute Gasteiger partial charge is 0.229 e. The maximum absolute atomic E-state index is 13.1. The quantitative estimate of drug-likeness (QED) is 0.352. The number of benzene rings is 3. The van der Waals surface area contributed by atoms with Gasteiger partial charge in [-0.2, -0.15) is 10.0 Å². The van der Waals surface area contributed by atoms with Gasteiger partial charge in [0.2, 0.25) is 12.3 Å². The number of rotatable bonds is 11. The minimum atomic E-state index is -1.75. The van der Waals surface area contributed by atoms with E-state index in [4.69, 9.17) is 0 Å². The van der Waals surface area contributed by atoms with Crippen molar-refractivity contribution in [1.82, 2.24) is 10.6 Å². The van der Waals surface area contributed by atoms with Crippen molar-refractivity contribution in [2.75, 3.05) is 18.8 Å². The van der Waals surface area contributed by atoms with Crippen molar-refractivity contribution in [3.63, 3.8) is 0 Å². The second-order valence-corrected chi connectivity index (χ2v) is 10.1. The van der Waals surface area contributed by atoms with Crippen LogP contribution in [0.15, 0.2) is 106 Å². The number of nitrogens with one attached hydrogen (secondary N) is 2. The van der Waals surface area contributed by atoms with Crippen LogP contribution in [0.2, 0.25) is 0 Å². The minimum Gasteiger partial charge on any atom is -0.359 e. The Kier molecular flexibility index (Phi) is 8.10. The summed E-state index contributed by atoms with van der Waals surface area (Å²) in [6.45, 7) is 1.24. The maximum Gasteiger partial charge on any atom is 0.229 e. The van der Waals surface area contributed by atoms with Gasteiger partial charge in [-0.1, -0.05) is 54.6 Å². The third-order valence-corrected chi connectivity index (χ3v) is 8.86. The Labute approximate surface area is 180 Å². The third-order valence-electron chi connectivity index (χ3n) is 4.94. The molecule has 0 saturated carbocycles. The Bertz CT molecular complexity index is 821. The first-order chi connectivity index (χ1) is 14.8. The fraction of sp³-hybridized carbons (Fsp3) is 0.200. The van der Waals surface area contributed by atoms with Gasteiger partial charge in [-0.05, 0) is 63.9 Å². The van der Waals surface area contributed by atoms with Crippen LogP contribution in [0, 0.1) is 0 Å². The number of hydrogen-bond acceptors (Lipinski definition) is 2. The van der Waals surface area contributed by atoms with Gasteiger partial charge in [-0.3, -0.25) is 9.59 Å². The molecule has 0 bridgehead atoms. The van der Waals surface area contributed by atoms with Crippen LogP contribution in [-0.4, -0.2) is 31.2 Å². The molecule has 156 valence electrons. The predicted molar refractivity (Wildman–Crippen MR) is 123 cm³/mol. The van der Waals surface area contributed by atoms with Crippen molar-refractivity contribution in [2.24, 2.45) is 0 Å². The summed E-state index contributed by atoms with van der Waals surface area (Å²) in [5, 5.41) is 5.74. The largest absolute Gasteiger partial charge is 0.359 e. The topological polar surface area (TPSA) is 58.2 Å². The lowest BCUT2D eigenvalue weighted by molar-refractivity contribution is -0.118. The highest BCUT2D eigenvalue weighted by Gasteiger charge is 2.33. The predicted octanol–water partition coefficient (Wildman–Crippen LogP) is 4.61. The van der Waals surface area contributed by atoms with Crippen molar-refractivity contribution in [3.8, 4) is 0 Å². The summed E-state index contributed by atoms with van der Waals surface area (Å²) in [5.41, 5.74) is 0. The van der Waals surface area contributed by atoms with Crippen molar-refractivity contribution in [1.29, 1.82) is 0 Å². The van der Waals surface area contributed by atoms with Gasteiger partial charge in [0.05, 0.1) is 5.75 Å². The molecule has 2 N–H and O–H groups in total. The van der Waals surface area contributed by atoms with Gasteiger partial charge < -0.3 is 10.6 Å². The van der Waals surface area contributed by atoms with Gasteiger partial charge >= 0.3 is 0 Å². The Hall–Kier alpha value is -3.05. The number of carbonyl (C=O) groups is 2. The SMILES string of the molecule is O=CNCCCCNC(=O)CS(c1ccccc1)(c1ccccc1)c1ccccc1. The van der Waals surface area contributed by atoms with Crippen LogP contribution >= 0.6 is 10.0 Å². The van der Waals surface area contributed by atoms with E-state index in [1.807, 2.05) is 54.6 Å². The van der Waals surface area contributed by atoms with Gasteiger partial charge in [-0.15, -0.1) is 0 Å². The molecular formula is C25H28N2O2S. The Morgan fingerprint density at radius 1 is 0.700 bits per heavy atom. The number of unbranched alkanes of at least 4 members (excludes halogenated alkanes) is 1. The van der Waals surface area contributed by atoms with Crippen LogP contribution in [-0.2, 0) is 9.59 Å². The molecule has 0 aliphatic rings. The highest BCUT2D eigenvalue weighted by molar-refractivity contribution is 8.34. The molecule has 0 saturated heterocycles. The van der Waals surface area contributed by atoms with Crippen LogP contribution in [0.4, 0.5) is 0 Å². The summed E-state index contributed by atoms with van der Waals surface area (Å²) in [6, 6.07) is 31.1. The molecule has 0 radical (unpaired) electrons. The fourth-order valence-electron chi connectivity index (χ4n) is 3.50. The highest BCUT2D eigenvalue weighted by Crippen LogP contribution is 2.67. The van der Waals surface area contributed by atoms with E-state index in [0.29, 0.717) is 25.3 Å². The van der Waals surface area contributed by atoms with Crippen LogP contribution in [0.25, 0.3) is 0 Å². The van der Waals surface area contributed by atoms with E-state index in [-0.39, 0.29) is 5.91 Å². The van der Waals surface area contributed by atoms with Crippen molar-refractivity contribution in [3.05, 3.63) is 91.0 Å². The van der Waals surface area contributed by atoms with Crippen molar-refractivity contribution < 1.29 is 9.59 Å². The molecular weight excluding hydrogens is 392 g/mol. The minimum absolute atomic E-state index is 0.0462. The van der Waals surface area contributed by atoms with E-state index in [1.165, 1.54) is 14.7 Å². The lowest BCUT2D eigenvalue weighted by atomic mass is 10.3. The summed E-state index contributed by atoms with van der Waals surface area (Å²) < 4.78 is 0. The van der Waals surface area contributed by atoms with Gasteiger partial charge in [-0.25, -0.2) is 0 Å². The lowest BCUT2D eigenvalue weighted by Gasteiger charge is -2.41. The van der Waals surface area contributed by atoms with Gasteiger partial charge in [0, 0.05) is 13.1 Å². The number of carbonyl (C=O) groups excluding carboxylic acids is 2. The second kappa shape index (κ2) is 11.2. The standard InChI is InChI=1S/C25H28N2O2S/c28-21-26-18-10-11-19-27-25(29)20-30(22-12-4-1-5-13-22,23-14-6-2-7-15-23)24-16-8-3-9-17-24/h1-9,12-17,21H,10-11,18-20H2,(H,26,28)(H,27,29). The van der Waals surface area contributed by atoms with Crippen molar-refractivity contribution >= 4 is 22.3 Å². The van der Waals surface area contributed by atoms with E-state index >= 15 is 0 Å². The summed E-state index contributed by atoms with van der Waals surface area (Å²) in [6.07, 6.45) is 2.37. The fourth-order valence-corrected chi connectivity index (χ4v) is 7.18. The molecule has 4 nitrogen and oxygen atoms in total. The average Bonchev–Trinajstić information content (AvgIpc) is 2.81. The molecule has 0 spiro atoms. The Morgan fingerprint density at radius 2 is 1.13 bits per heavy atom. The van der Waals surface area contributed by atoms with Crippen molar-refractivity contribution in [2.45, 2.75) is 27.5 Å². The molecule has 0 aliphatic carbocycles. The highest BCUT2D eigenvalue weighted by atomic mass is 32.3. The zero-order valence-corrected chi connectivity index (χ0v) is 17.8. The zero-order valence-electron chi connectivity index (χ0n) is 17.0. The van der Waals surface area contributed by atoms with Crippen LogP contribution < -0.4 is 10.6 Å². The molecule has 3 rings (SSSR count). The Morgan fingerprint density at radius 3 is 1.57 bits per heavy atom. The molecule has 2 amide bonds. The van der Waals surface area contributed by atoms with Gasteiger partial charge in [0.1, 0.15) is 0 Å². The number of hydrogen-bond donors (Lipinski definition) is 2. The zero-order chi connectivity index (χ0) is 21.1. The van der Waals surface area contributed by atoms with Gasteiger partial charge in [0.15, 0.2) is 0 Å². The first kappa shape index (κ1) is 21.7. The second-order valence-electron chi connectivity index (χ2n) is 6.95. The first-order valence-electron chi connectivity index (χ1n) is 10.2. The van der Waals surface area contributed by atoms with E-state index in [1.54, 1.807) is 0 Å². The third kappa shape index (κ3) is 5.30. The summed E-state index contributed by atoms with van der Waals surface area (Å²) >= 11 is 0. The van der Waals surface area contributed by atoms with Crippen LogP contribution in [0.5, 0.6) is 0 Å². The molecule has 5 heteroatoms. The van der Waals surface area contributed by atoms with E-state index in [0.717, 1.165) is 12.8 Å². The molecule has 3 aromatic carbocycles. The lowest BCUT2D eigenvalue weighted by Crippen LogP contribution is -2.30. The molecule has 3 aromatic rings. The average molecular weight is 421 g/mol. The normalized spacial score (nSPS) is 11.5. The van der Waals surface area contributed by atoms with E-state index in [9.17, 15) is 9.59 Å². The molecule has 0 aliphatic heterocycles. The van der Waals surface area contributed by atoms with E-state index in [2.05, 4.69) is 47.0 Å². The molecule has 0 unspecified atom stereocenters. The van der Waals surface area contributed by atoms with Crippen LogP contribution in [0.3, 0.4) is 0 Å². The molecule has 0 heterocycles. The molecule has 0 atom stereocenters. The van der Waals surface area contributed by atoms with E-state index < -0.39 is 10.0 Å². The molecule has 0 fully saturated rings. The summed E-state index contributed by atoms with van der Waals surface area (Å²) in [5.74, 6) is 0.447. The van der Waals surface area contributed by atoms with Crippen LogP contribution in [0.1, 0.15) is 12.8 Å². The monoisotopic (exact) mass is 420 g/mol. The first-order valence-corrected chi connectivity index (χ1v) is 12.0. The Balaban J connectivity index is 1.91. The summed E-state index contributed by atoms with van der Waals surface area (Å²) in [4.78, 5) is 27.0. The molecule has 0 aromatic heterocycles. The summed E-state index contributed by atoms with van der Waals surface area (Å²) in [7, 11) is -1.75. The maximum atomic E-state index is 13.1. The van der Waals surface area contributed by atoms with Gasteiger partial charge in [0.25, 0.3) is 0 Å². The molecule has 30 heavy (non-hydrogen) atoms.